The Hall–Kier alpha value is -1.80. The maximum absolute atomic E-state index is 5.90. The Balaban J connectivity index is 2.18. The largest absolute Gasteiger partial charge is 0.383 e. The molecule has 0 bridgehead atoms. The van der Waals surface area contributed by atoms with Gasteiger partial charge >= 0.3 is 0 Å². The highest BCUT2D eigenvalue weighted by molar-refractivity contribution is 6.30. The Kier molecular flexibility index (Phi) is 4.00. The number of hydrogen-bond acceptors (Lipinski definition) is 2. The zero-order valence-electron chi connectivity index (χ0n) is 10.2. The van der Waals surface area contributed by atoms with E-state index in [0.717, 1.165) is 5.56 Å². The van der Waals surface area contributed by atoms with Crippen molar-refractivity contribution in [3.63, 3.8) is 0 Å². The molecule has 0 aliphatic heterocycles. The molecule has 0 saturated heterocycles. The van der Waals surface area contributed by atoms with Crippen molar-refractivity contribution < 1.29 is 0 Å². The fourth-order valence-electron chi connectivity index (χ4n) is 1.71. The van der Waals surface area contributed by atoms with Gasteiger partial charge < -0.3 is 5.73 Å². The van der Waals surface area contributed by atoms with Crippen LogP contribution in [0.4, 0.5) is 5.82 Å². The number of allylic oxidation sites excluding steroid dienone is 1. The molecule has 0 aliphatic rings. The van der Waals surface area contributed by atoms with Crippen molar-refractivity contribution in [1.82, 2.24) is 4.98 Å². The molecule has 0 amide bonds. The first kappa shape index (κ1) is 12.7. The summed E-state index contributed by atoms with van der Waals surface area (Å²) in [6.45, 7) is 2.14. The van der Waals surface area contributed by atoms with Crippen LogP contribution >= 0.6 is 11.6 Å². The quantitative estimate of drug-likeness (QED) is 0.899. The third kappa shape index (κ3) is 3.11. The second-order valence-corrected chi connectivity index (χ2v) is 4.62. The van der Waals surface area contributed by atoms with E-state index >= 15 is 0 Å². The molecule has 1 atom stereocenters. The Morgan fingerprint density at radius 1 is 1.28 bits per heavy atom. The molecule has 0 radical (unpaired) electrons. The number of anilines is 1. The highest BCUT2D eigenvalue weighted by Crippen LogP contribution is 2.20. The fraction of sp³-hybridized carbons (Fsp3) is 0.133. The predicted molar refractivity (Wildman–Crippen MR) is 77.6 cm³/mol. The van der Waals surface area contributed by atoms with Gasteiger partial charge in [-0.15, -0.1) is 0 Å². The Bertz CT molecular complexity index is 550. The summed E-state index contributed by atoms with van der Waals surface area (Å²) in [4.78, 5) is 4.02. The van der Waals surface area contributed by atoms with Gasteiger partial charge in [-0.25, -0.2) is 4.98 Å². The lowest BCUT2D eigenvalue weighted by molar-refractivity contribution is 0.973. The number of nitrogens with two attached hydrogens (primary N) is 1. The van der Waals surface area contributed by atoms with Gasteiger partial charge in [0.2, 0.25) is 0 Å². The SMILES string of the molecule is CC(/C=C/c1cc(Cl)cnc1N)c1ccccc1. The van der Waals surface area contributed by atoms with Gasteiger partial charge in [-0.1, -0.05) is 61.0 Å². The molecule has 2 N–H and O–H groups in total. The second-order valence-electron chi connectivity index (χ2n) is 4.19. The van der Waals surface area contributed by atoms with Crippen LogP contribution in [0, 0.1) is 0 Å². The van der Waals surface area contributed by atoms with E-state index in [-0.39, 0.29) is 0 Å². The van der Waals surface area contributed by atoms with Crippen molar-refractivity contribution in [2.24, 2.45) is 0 Å². The molecule has 0 spiro atoms. The van der Waals surface area contributed by atoms with Crippen LogP contribution in [0.25, 0.3) is 6.08 Å². The number of halogens is 1. The first-order chi connectivity index (χ1) is 8.66. The lowest BCUT2D eigenvalue weighted by Gasteiger charge is -2.06. The smallest absolute Gasteiger partial charge is 0.130 e. The van der Waals surface area contributed by atoms with E-state index in [2.05, 4.69) is 30.1 Å². The highest BCUT2D eigenvalue weighted by Gasteiger charge is 2.02. The Morgan fingerprint density at radius 2 is 2.00 bits per heavy atom. The van der Waals surface area contributed by atoms with Crippen LogP contribution in [0.3, 0.4) is 0 Å². The monoisotopic (exact) mass is 258 g/mol. The molecular weight excluding hydrogens is 244 g/mol. The van der Waals surface area contributed by atoms with Crippen LogP contribution in [-0.2, 0) is 0 Å². The minimum atomic E-state index is 0.324. The molecule has 2 aromatic rings. The molecular formula is C15H15ClN2. The summed E-state index contributed by atoms with van der Waals surface area (Å²) in [5.41, 5.74) is 7.91. The summed E-state index contributed by atoms with van der Waals surface area (Å²) >= 11 is 5.90. The number of pyridine rings is 1. The number of hydrogen-bond donors (Lipinski definition) is 1. The average molecular weight is 259 g/mol. The number of benzene rings is 1. The van der Waals surface area contributed by atoms with Gasteiger partial charge in [-0.3, -0.25) is 0 Å². The van der Waals surface area contributed by atoms with E-state index in [1.165, 1.54) is 5.56 Å². The molecule has 0 fully saturated rings. The van der Waals surface area contributed by atoms with Crippen LogP contribution in [0.2, 0.25) is 5.02 Å². The molecule has 1 unspecified atom stereocenters. The first-order valence-corrected chi connectivity index (χ1v) is 6.19. The van der Waals surface area contributed by atoms with Crippen LogP contribution < -0.4 is 5.73 Å². The van der Waals surface area contributed by atoms with Crippen molar-refractivity contribution in [3.8, 4) is 0 Å². The third-order valence-electron chi connectivity index (χ3n) is 2.81. The molecule has 1 aromatic heterocycles. The van der Waals surface area contributed by atoms with Crippen LogP contribution in [0.15, 0.2) is 48.7 Å². The maximum Gasteiger partial charge on any atom is 0.130 e. The zero-order valence-corrected chi connectivity index (χ0v) is 10.9. The normalized spacial score (nSPS) is 12.8. The number of rotatable bonds is 3. The van der Waals surface area contributed by atoms with Gasteiger partial charge in [0.15, 0.2) is 0 Å². The van der Waals surface area contributed by atoms with E-state index < -0.39 is 0 Å². The molecule has 2 rings (SSSR count). The lowest BCUT2D eigenvalue weighted by atomic mass is 10.00. The molecule has 0 aliphatic carbocycles. The van der Waals surface area contributed by atoms with Crippen molar-refractivity contribution in [1.29, 1.82) is 0 Å². The van der Waals surface area contributed by atoms with Crippen molar-refractivity contribution in [3.05, 3.63) is 64.8 Å². The van der Waals surface area contributed by atoms with Gasteiger partial charge in [0, 0.05) is 11.8 Å². The molecule has 1 heterocycles. The predicted octanol–water partition coefficient (Wildman–Crippen LogP) is 4.13. The van der Waals surface area contributed by atoms with Crippen LogP contribution in [0.5, 0.6) is 0 Å². The van der Waals surface area contributed by atoms with Gasteiger partial charge in [-0.05, 0) is 17.5 Å². The number of nitrogen functional groups attached to an aromatic ring is 1. The standard InChI is InChI=1S/C15H15ClN2/c1-11(12-5-3-2-4-6-12)7-8-13-9-14(16)10-18-15(13)17/h2-11H,1H3,(H2,17,18)/b8-7+. The van der Waals surface area contributed by atoms with E-state index in [1.807, 2.05) is 30.3 Å². The first-order valence-electron chi connectivity index (χ1n) is 5.81. The average Bonchev–Trinajstić information content (AvgIpc) is 2.40. The molecule has 2 nitrogen and oxygen atoms in total. The minimum Gasteiger partial charge on any atom is -0.383 e. The topological polar surface area (TPSA) is 38.9 Å². The van der Waals surface area contributed by atoms with Crippen molar-refractivity contribution in [2.45, 2.75) is 12.8 Å². The van der Waals surface area contributed by atoms with Crippen LogP contribution in [0.1, 0.15) is 24.0 Å². The summed E-state index contributed by atoms with van der Waals surface area (Å²) in [6, 6.07) is 12.1. The Morgan fingerprint density at radius 3 is 2.72 bits per heavy atom. The zero-order chi connectivity index (χ0) is 13.0. The molecule has 0 saturated carbocycles. The summed E-state index contributed by atoms with van der Waals surface area (Å²) in [5.74, 6) is 0.820. The summed E-state index contributed by atoms with van der Waals surface area (Å²) in [7, 11) is 0. The summed E-state index contributed by atoms with van der Waals surface area (Å²) in [6.07, 6.45) is 5.61. The molecule has 18 heavy (non-hydrogen) atoms. The third-order valence-corrected chi connectivity index (χ3v) is 3.01. The van der Waals surface area contributed by atoms with Crippen molar-refractivity contribution >= 4 is 23.5 Å². The van der Waals surface area contributed by atoms with Crippen molar-refractivity contribution in [2.75, 3.05) is 5.73 Å². The summed E-state index contributed by atoms with van der Waals surface area (Å²) in [5, 5.41) is 0.594. The Labute approximate surface area is 112 Å². The van der Waals surface area contributed by atoms with Gasteiger partial charge in [0.05, 0.1) is 5.02 Å². The summed E-state index contributed by atoms with van der Waals surface area (Å²) < 4.78 is 0. The highest BCUT2D eigenvalue weighted by atomic mass is 35.5. The van der Waals surface area contributed by atoms with E-state index in [0.29, 0.717) is 16.8 Å². The van der Waals surface area contributed by atoms with Gasteiger partial charge in [0.1, 0.15) is 5.82 Å². The van der Waals surface area contributed by atoms with Gasteiger partial charge in [-0.2, -0.15) is 0 Å². The molecule has 3 heteroatoms. The van der Waals surface area contributed by atoms with Gasteiger partial charge in [0.25, 0.3) is 0 Å². The van der Waals surface area contributed by atoms with Crippen LogP contribution in [-0.4, -0.2) is 4.98 Å². The second kappa shape index (κ2) is 5.69. The van der Waals surface area contributed by atoms with E-state index in [4.69, 9.17) is 17.3 Å². The fourth-order valence-corrected chi connectivity index (χ4v) is 1.88. The molecule has 1 aromatic carbocycles. The molecule has 92 valence electrons. The maximum atomic E-state index is 5.90. The van der Waals surface area contributed by atoms with E-state index in [1.54, 1.807) is 6.20 Å². The minimum absolute atomic E-state index is 0.324. The van der Waals surface area contributed by atoms with E-state index in [9.17, 15) is 0 Å². The number of nitrogens with zero attached hydrogens (tertiary/aromatic N) is 1. The lowest BCUT2D eigenvalue weighted by Crippen LogP contribution is -1.93. The number of aromatic nitrogens is 1.